The molecule has 2 aromatic carbocycles. The molecule has 168 valence electrons. The number of nitrogens with zero attached hydrogens (tertiary/aromatic N) is 1. The van der Waals surface area contributed by atoms with Gasteiger partial charge in [0.25, 0.3) is 0 Å². The summed E-state index contributed by atoms with van der Waals surface area (Å²) in [7, 11) is -0.733. The minimum atomic E-state index is -3.74. The summed E-state index contributed by atoms with van der Waals surface area (Å²) in [4.78, 5) is 0.175. The van der Waals surface area contributed by atoms with Crippen molar-refractivity contribution in [2.45, 2.75) is 44.7 Å². The zero-order chi connectivity index (χ0) is 22.8. The summed E-state index contributed by atoms with van der Waals surface area (Å²) in [5, 5.41) is 0. The Morgan fingerprint density at radius 3 is 2.39 bits per heavy atom. The van der Waals surface area contributed by atoms with Gasteiger partial charge in [-0.05, 0) is 55.7 Å². The van der Waals surface area contributed by atoms with Crippen LogP contribution in [0.5, 0.6) is 17.2 Å². The molecule has 0 spiro atoms. The Kier molecular flexibility index (Phi) is 6.67. The van der Waals surface area contributed by atoms with Crippen molar-refractivity contribution in [3.05, 3.63) is 53.6 Å². The first-order chi connectivity index (χ1) is 14.6. The van der Waals surface area contributed by atoms with Crippen molar-refractivity contribution in [2.24, 2.45) is 5.92 Å². The maximum absolute atomic E-state index is 13.5. The van der Waals surface area contributed by atoms with Crippen molar-refractivity contribution in [3.63, 3.8) is 0 Å². The second-order valence-corrected chi connectivity index (χ2v) is 10.6. The van der Waals surface area contributed by atoms with Gasteiger partial charge < -0.3 is 14.2 Å². The molecule has 0 unspecified atom stereocenters. The molecule has 0 aromatic heterocycles. The van der Waals surface area contributed by atoms with Gasteiger partial charge in [0.05, 0.1) is 19.1 Å². The molecule has 0 radical (unpaired) electrons. The van der Waals surface area contributed by atoms with E-state index >= 15 is 0 Å². The van der Waals surface area contributed by atoms with Crippen molar-refractivity contribution >= 4 is 16.1 Å². The molecule has 0 aliphatic carbocycles. The lowest BCUT2D eigenvalue weighted by atomic mass is 10.0. The highest BCUT2D eigenvalue weighted by Gasteiger charge is 2.28. The van der Waals surface area contributed by atoms with Crippen LogP contribution in [0.15, 0.2) is 47.4 Å². The molecule has 0 bridgehead atoms. The number of hydrogen-bond donors (Lipinski definition) is 0. The average Bonchev–Trinajstić information content (AvgIpc) is 2.72. The molecule has 0 amide bonds. The van der Waals surface area contributed by atoms with E-state index in [9.17, 15) is 8.42 Å². The molecule has 1 aliphatic heterocycles. The highest BCUT2D eigenvalue weighted by atomic mass is 32.2. The van der Waals surface area contributed by atoms with Crippen molar-refractivity contribution in [1.82, 2.24) is 4.31 Å². The minimum Gasteiger partial charge on any atom is -0.493 e. The van der Waals surface area contributed by atoms with E-state index in [1.165, 1.54) is 24.6 Å². The molecule has 0 fully saturated rings. The van der Waals surface area contributed by atoms with Crippen LogP contribution in [0.3, 0.4) is 0 Å². The van der Waals surface area contributed by atoms with Crippen LogP contribution in [0, 0.1) is 5.92 Å². The van der Waals surface area contributed by atoms with E-state index < -0.39 is 10.0 Å². The van der Waals surface area contributed by atoms with Crippen LogP contribution in [0.2, 0.25) is 0 Å². The topological polar surface area (TPSA) is 65.1 Å². The fourth-order valence-electron chi connectivity index (χ4n) is 3.51. The largest absolute Gasteiger partial charge is 0.493 e. The monoisotopic (exact) mass is 445 g/mol. The van der Waals surface area contributed by atoms with Crippen LogP contribution in [-0.2, 0) is 16.6 Å². The first-order valence-electron chi connectivity index (χ1n) is 10.3. The van der Waals surface area contributed by atoms with Crippen molar-refractivity contribution in [1.29, 1.82) is 0 Å². The van der Waals surface area contributed by atoms with Gasteiger partial charge in [-0.1, -0.05) is 26.0 Å². The summed E-state index contributed by atoms with van der Waals surface area (Å²) in [5.41, 5.74) is 1.50. The highest BCUT2D eigenvalue weighted by molar-refractivity contribution is 7.89. The van der Waals surface area contributed by atoms with Gasteiger partial charge >= 0.3 is 0 Å². The Labute approximate surface area is 185 Å². The average molecular weight is 446 g/mol. The van der Waals surface area contributed by atoms with Crippen molar-refractivity contribution < 1.29 is 22.6 Å². The van der Waals surface area contributed by atoms with E-state index in [2.05, 4.69) is 0 Å². The Morgan fingerprint density at radius 2 is 1.74 bits per heavy atom. The number of sulfonamides is 1. The van der Waals surface area contributed by atoms with Crippen molar-refractivity contribution in [3.8, 4) is 17.2 Å². The molecule has 0 N–H and O–H groups in total. The van der Waals surface area contributed by atoms with Gasteiger partial charge in [-0.2, -0.15) is 4.31 Å². The van der Waals surface area contributed by atoms with Crippen LogP contribution in [0.4, 0.5) is 0 Å². The lowest BCUT2D eigenvalue weighted by Crippen LogP contribution is -2.34. The van der Waals surface area contributed by atoms with Crippen LogP contribution in [0.25, 0.3) is 6.08 Å². The third-order valence-corrected chi connectivity index (χ3v) is 6.84. The van der Waals surface area contributed by atoms with Gasteiger partial charge in [-0.25, -0.2) is 8.42 Å². The fraction of sp³-hybridized carbons (Fsp3) is 0.417. The lowest BCUT2D eigenvalue weighted by Gasteiger charge is -2.29. The number of ether oxygens (including phenoxy) is 3. The predicted molar refractivity (Wildman–Crippen MR) is 122 cm³/mol. The number of rotatable bonds is 8. The molecule has 3 rings (SSSR count). The van der Waals surface area contributed by atoms with Gasteiger partial charge in [-0.15, -0.1) is 0 Å². The van der Waals surface area contributed by atoms with Gasteiger partial charge in [-0.3, -0.25) is 0 Å². The van der Waals surface area contributed by atoms with Crippen LogP contribution in [-0.4, -0.2) is 39.1 Å². The van der Waals surface area contributed by atoms with E-state index in [1.807, 2.05) is 58.0 Å². The zero-order valence-electron chi connectivity index (χ0n) is 19.0. The van der Waals surface area contributed by atoms with Gasteiger partial charge in [0.2, 0.25) is 10.0 Å². The molecule has 6 nitrogen and oxygen atoms in total. The molecule has 0 atom stereocenters. The Bertz CT molecular complexity index is 1070. The summed E-state index contributed by atoms with van der Waals surface area (Å²) in [6.45, 7) is 8.67. The smallest absolute Gasteiger partial charge is 0.243 e. The first-order valence-corrected chi connectivity index (χ1v) is 11.7. The number of hydrogen-bond acceptors (Lipinski definition) is 5. The Morgan fingerprint density at radius 1 is 1.03 bits per heavy atom. The van der Waals surface area contributed by atoms with E-state index in [0.29, 0.717) is 18.0 Å². The number of fused-ring (bicyclic) bond motifs is 1. The summed E-state index contributed by atoms with van der Waals surface area (Å²) in [6, 6.07) is 10.5. The van der Waals surface area contributed by atoms with Crippen LogP contribution < -0.4 is 14.2 Å². The normalized spacial score (nSPS) is 15.0. The van der Waals surface area contributed by atoms with Gasteiger partial charge in [0, 0.05) is 24.7 Å². The lowest BCUT2D eigenvalue weighted by molar-refractivity contribution is 0.159. The predicted octanol–water partition coefficient (Wildman–Crippen LogP) is 4.73. The van der Waals surface area contributed by atoms with E-state index in [-0.39, 0.29) is 23.0 Å². The summed E-state index contributed by atoms with van der Waals surface area (Å²) < 4.78 is 45.0. The standard InChI is InChI=1S/C24H31NO5S/c1-17(2)15-25(31(26,27)20-8-10-22(28-5)23(14-20)29-6)16-18-7-9-21-19(13-18)11-12-24(3,4)30-21/h7-14,17H,15-16H2,1-6H3. The third-order valence-electron chi connectivity index (χ3n) is 5.03. The molecular formula is C24H31NO5S. The summed E-state index contributed by atoms with van der Waals surface area (Å²) in [5.74, 6) is 1.83. The maximum atomic E-state index is 13.5. The maximum Gasteiger partial charge on any atom is 0.243 e. The van der Waals surface area contributed by atoms with Crippen molar-refractivity contribution in [2.75, 3.05) is 20.8 Å². The Hall–Kier alpha value is -2.51. The van der Waals surface area contributed by atoms with Crippen LogP contribution in [0.1, 0.15) is 38.8 Å². The first kappa shape index (κ1) is 23.2. The molecular weight excluding hydrogens is 414 g/mol. The second kappa shape index (κ2) is 8.93. The van der Waals surface area contributed by atoms with Crippen LogP contribution >= 0.6 is 0 Å². The second-order valence-electron chi connectivity index (χ2n) is 8.62. The highest BCUT2D eigenvalue weighted by Crippen LogP contribution is 2.33. The molecule has 2 aromatic rings. The molecule has 0 saturated heterocycles. The SMILES string of the molecule is COc1ccc(S(=O)(=O)N(Cc2ccc3c(c2)C=CC(C)(C)O3)CC(C)C)cc1OC. The molecule has 1 aliphatic rings. The van der Waals surface area contributed by atoms with E-state index in [0.717, 1.165) is 16.9 Å². The Balaban J connectivity index is 1.94. The number of methoxy groups -OCH3 is 2. The molecule has 1 heterocycles. The summed E-state index contributed by atoms with van der Waals surface area (Å²) >= 11 is 0. The minimum absolute atomic E-state index is 0.163. The fourth-order valence-corrected chi connectivity index (χ4v) is 5.12. The molecule has 31 heavy (non-hydrogen) atoms. The third kappa shape index (κ3) is 5.22. The van der Waals surface area contributed by atoms with Gasteiger partial charge in [0.1, 0.15) is 11.4 Å². The molecule has 0 saturated carbocycles. The quantitative estimate of drug-likeness (QED) is 0.587. The van der Waals surface area contributed by atoms with E-state index in [4.69, 9.17) is 14.2 Å². The van der Waals surface area contributed by atoms with Gasteiger partial charge in [0.15, 0.2) is 11.5 Å². The van der Waals surface area contributed by atoms with E-state index in [1.54, 1.807) is 12.1 Å². The zero-order valence-corrected chi connectivity index (χ0v) is 19.8. The summed E-state index contributed by atoms with van der Waals surface area (Å²) in [6.07, 6.45) is 4.03. The number of benzene rings is 2. The molecule has 7 heteroatoms.